The van der Waals surface area contributed by atoms with Gasteiger partial charge in [0.2, 0.25) is 0 Å². The normalized spacial score (nSPS) is 15.6. The molecule has 0 aromatic heterocycles. The van der Waals surface area contributed by atoms with Crippen molar-refractivity contribution in [1.29, 1.82) is 0 Å². The van der Waals surface area contributed by atoms with Crippen LogP contribution in [0, 0.1) is 0 Å². The molecule has 0 fully saturated rings. The predicted octanol–water partition coefficient (Wildman–Crippen LogP) is 1.60. The van der Waals surface area contributed by atoms with Gasteiger partial charge in [-0.15, -0.1) is 0 Å². The Morgan fingerprint density at radius 1 is 1.31 bits per heavy atom. The van der Waals surface area contributed by atoms with Crippen LogP contribution in [0.15, 0.2) is 0 Å². The van der Waals surface area contributed by atoms with Gasteiger partial charge in [0.15, 0.2) is 0 Å². The number of hydrogen-bond acceptors (Lipinski definition) is 3. The van der Waals surface area contributed by atoms with E-state index in [1.54, 1.807) is 0 Å². The lowest BCUT2D eigenvalue weighted by atomic mass is 10.2. The molecular weight excluding hydrogens is 189 g/mol. The average Bonchev–Trinajstić information content (AvgIpc) is 2.01. The summed E-state index contributed by atoms with van der Waals surface area (Å²) in [4.78, 5) is 8.78. The van der Waals surface area contributed by atoms with Crippen molar-refractivity contribution in [3.05, 3.63) is 0 Å². The minimum absolute atomic E-state index is 0.393. The van der Waals surface area contributed by atoms with Gasteiger partial charge in [-0.3, -0.25) is 4.57 Å². The SMILES string of the molecule is CNCCCCCCOP(C)(=O)O. The summed E-state index contributed by atoms with van der Waals surface area (Å²) in [5.41, 5.74) is 0. The molecule has 2 N–H and O–H groups in total. The predicted molar refractivity (Wildman–Crippen MR) is 54.1 cm³/mol. The zero-order valence-corrected chi connectivity index (χ0v) is 9.35. The molecule has 0 heterocycles. The fourth-order valence-corrected chi connectivity index (χ4v) is 1.46. The first-order valence-corrected chi connectivity index (χ1v) is 6.68. The van der Waals surface area contributed by atoms with Crippen molar-refractivity contribution in [3.63, 3.8) is 0 Å². The summed E-state index contributed by atoms with van der Waals surface area (Å²) < 4.78 is 15.4. The summed E-state index contributed by atoms with van der Waals surface area (Å²) in [5.74, 6) is 0. The summed E-state index contributed by atoms with van der Waals surface area (Å²) in [6.07, 6.45) is 4.22. The maximum absolute atomic E-state index is 10.7. The maximum Gasteiger partial charge on any atom is 0.325 e. The van der Waals surface area contributed by atoms with E-state index >= 15 is 0 Å². The van der Waals surface area contributed by atoms with Crippen molar-refractivity contribution in [1.82, 2.24) is 5.32 Å². The van der Waals surface area contributed by atoms with Gasteiger partial charge in [-0.25, -0.2) is 0 Å². The minimum atomic E-state index is -3.24. The molecule has 13 heavy (non-hydrogen) atoms. The first-order chi connectivity index (χ1) is 6.06. The van der Waals surface area contributed by atoms with E-state index in [0.717, 1.165) is 32.2 Å². The highest BCUT2D eigenvalue weighted by Crippen LogP contribution is 2.36. The first kappa shape index (κ1) is 13.1. The van der Waals surface area contributed by atoms with Crippen molar-refractivity contribution in [2.45, 2.75) is 25.7 Å². The lowest BCUT2D eigenvalue weighted by Gasteiger charge is -2.06. The van der Waals surface area contributed by atoms with E-state index in [4.69, 9.17) is 9.42 Å². The molecule has 1 unspecified atom stereocenters. The third-order valence-electron chi connectivity index (χ3n) is 1.65. The van der Waals surface area contributed by atoms with E-state index < -0.39 is 7.60 Å². The summed E-state index contributed by atoms with van der Waals surface area (Å²) in [6, 6.07) is 0. The number of rotatable bonds is 8. The molecule has 0 saturated heterocycles. The van der Waals surface area contributed by atoms with Gasteiger partial charge in [-0.05, 0) is 26.4 Å². The van der Waals surface area contributed by atoms with Crippen LogP contribution in [0.4, 0.5) is 0 Å². The maximum atomic E-state index is 10.7. The lowest BCUT2D eigenvalue weighted by Crippen LogP contribution is -2.07. The molecule has 0 aliphatic heterocycles. The number of unbranched alkanes of at least 4 members (excludes halogenated alkanes) is 3. The monoisotopic (exact) mass is 209 g/mol. The molecule has 0 aromatic rings. The molecule has 0 aliphatic carbocycles. The smallest absolute Gasteiger partial charge is 0.324 e. The van der Waals surface area contributed by atoms with E-state index in [-0.39, 0.29) is 0 Å². The van der Waals surface area contributed by atoms with Crippen LogP contribution in [0.3, 0.4) is 0 Å². The van der Waals surface area contributed by atoms with Crippen LogP contribution < -0.4 is 5.32 Å². The molecule has 0 aromatic carbocycles. The third-order valence-corrected chi connectivity index (χ3v) is 2.31. The van der Waals surface area contributed by atoms with Crippen LogP contribution in [0.1, 0.15) is 25.7 Å². The molecule has 4 nitrogen and oxygen atoms in total. The standard InChI is InChI=1S/C8H20NO3P/c1-9-7-5-3-4-6-8-12-13(2,10)11/h9H,3-8H2,1-2H3,(H,10,11). The lowest BCUT2D eigenvalue weighted by molar-refractivity contribution is 0.257. The summed E-state index contributed by atoms with van der Waals surface area (Å²) in [5, 5.41) is 3.07. The van der Waals surface area contributed by atoms with Crippen LogP contribution in [0.5, 0.6) is 0 Å². The highest BCUT2D eigenvalue weighted by Gasteiger charge is 2.08. The fraction of sp³-hybridized carbons (Fsp3) is 1.00. The van der Waals surface area contributed by atoms with E-state index in [9.17, 15) is 4.57 Å². The zero-order valence-electron chi connectivity index (χ0n) is 8.45. The highest BCUT2D eigenvalue weighted by molar-refractivity contribution is 7.51. The molecular formula is C8H20NO3P. The average molecular weight is 209 g/mol. The Morgan fingerprint density at radius 3 is 2.46 bits per heavy atom. The van der Waals surface area contributed by atoms with Crippen molar-refractivity contribution < 1.29 is 14.0 Å². The molecule has 0 radical (unpaired) electrons. The van der Waals surface area contributed by atoms with Crippen molar-refractivity contribution >= 4 is 7.60 Å². The number of nitrogens with one attached hydrogen (secondary N) is 1. The Kier molecular flexibility index (Phi) is 7.57. The van der Waals surface area contributed by atoms with Crippen LogP contribution in [0.2, 0.25) is 0 Å². The molecule has 0 aliphatic rings. The Hall–Kier alpha value is 0.110. The highest BCUT2D eigenvalue weighted by atomic mass is 31.2. The second kappa shape index (κ2) is 7.51. The van der Waals surface area contributed by atoms with Crippen LogP contribution in [0.25, 0.3) is 0 Å². The molecule has 0 saturated carbocycles. The molecule has 1 atom stereocenters. The Morgan fingerprint density at radius 2 is 1.92 bits per heavy atom. The molecule has 0 spiro atoms. The van der Waals surface area contributed by atoms with Gasteiger partial charge in [0, 0.05) is 6.66 Å². The van der Waals surface area contributed by atoms with Gasteiger partial charge < -0.3 is 14.7 Å². The van der Waals surface area contributed by atoms with E-state index in [0.29, 0.717) is 6.61 Å². The zero-order chi connectivity index (χ0) is 10.2. The molecule has 5 heteroatoms. The van der Waals surface area contributed by atoms with E-state index in [1.165, 1.54) is 6.66 Å². The molecule has 0 bridgehead atoms. The summed E-state index contributed by atoms with van der Waals surface area (Å²) in [6.45, 7) is 2.64. The first-order valence-electron chi connectivity index (χ1n) is 4.65. The third kappa shape index (κ3) is 12.1. The van der Waals surface area contributed by atoms with Crippen molar-refractivity contribution in [2.24, 2.45) is 0 Å². The van der Waals surface area contributed by atoms with Crippen molar-refractivity contribution in [2.75, 3.05) is 26.9 Å². The van der Waals surface area contributed by atoms with Gasteiger partial charge in [0.05, 0.1) is 6.61 Å². The number of hydrogen-bond donors (Lipinski definition) is 2. The Balaban J connectivity index is 3.04. The van der Waals surface area contributed by atoms with Crippen LogP contribution in [-0.2, 0) is 9.09 Å². The van der Waals surface area contributed by atoms with Gasteiger partial charge in [-0.2, -0.15) is 0 Å². The van der Waals surface area contributed by atoms with E-state index in [2.05, 4.69) is 5.32 Å². The fourth-order valence-electron chi connectivity index (χ4n) is 0.991. The van der Waals surface area contributed by atoms with Crippen LogP contribution in [-0.4, -0.2) is 31.8 Å². The Bertz CT molecular complexity index is 157. The summed E-state index contributed by atoms with van der Waals surface area (Å²) >= 11 is 0. The van der Waals surface area contributed by atoms with Crippen LogP contribution >= 0.6 is 7.60 Å². The van der Waals surface area contributed by atoms with Gasteiger partial charge in [0.25, 0.3) is 0 Å². The molecule has 0 amide bonds. The molecule has 80 valence electrons. The largest absolute Gasteiger partial charge is 0.325 e. The van der Waals surface area contributed by atoms with Gasteiger partial charge in [0.1, 0.15) is 0 Å². The minimum Gasteiger partial charge on any atom is -0.324 e. The molecule has 0 rings (SSSR count). The Labute approximate surface area is 80.2 Å². The van der Waals surface area contributed by atoms with Gasteiger partial charge in [-0.1, -0.05) is 12.8 Å². The second-order valence-electron chi connectivity index (χ2n) is 3.15. The summed E-state index contributed by atoms with van der Waals surface area (Å²) in [7, 11) is -1.31. The topological polar surface area (TPSA) is 58.6 Å². The second-order valence-corrected chi connectivity index (χ2v) is 5.02. The van der Waals surface area contributed by atoms with Gasteiger partial charge >= 0.3 is 7.60 Å². The van der Waals surface area contributed by atoms with Crippen molar-refractivity contribution in [3.8, 4) is 0 Å². The quantitative estimate of drug-likeness (QED) is 0.471. The van der Waals surface area contributed by atoms with E-state index in [1.807, 2.05) is 7.05 Å².